The fraction of sp³-hybridized carbons (Fsp3) is 0.667. The second-order valence-corrected chi connectivity index (χ2v) is 8.47. The summed E-state index contributed by atoms with van der Waals surface area (Å²) in [6.07, 6.45) is 3.78. The Morgan fingerprint density at radius 2 is 2.19 bits per heavy atom. The first-order valence-electron chi connectivity index (χ1n) is 10.5. The number of hydrogen-bond acceptors (Lipinski definition) is 5. The molecule has 0 saturated carbocycles. The third kappa shape index (κ3) is 9.44. The molecule has 8 nitrogen and oxygen atoms in total. The summed E-state index contributed by atoms with van der Waals surface area (Å²) in [4.78, 5) is 22.5. The lowest BCUT2D eigenvalue weighted by molar-refractivity contribution is 0.0502. The van der Waals surface area contributed by atoms with Gasteiger partial charge in [0.1, 0.15) is 5.60 Å². The van der Waals surface area contributed by atoms with Gasteiger partial charge in [0.2, 0.25) is 0 Å². The highest BCUT2D eigenvalue weighted by atomic mass is 127. The quantitative estimate of drug-likeness (QED) is 0.274. The highest BCUT2D eigenvalue weighted by Gasteiger charge is 2.26. The van der Waals surface area contributed by atoms with Crippen molar-refractivity contribution in [3.8, 4) is 0 Å². The Bertz CT molecular complexity index is 728. The molecule has 2 atom stereocenters. The van der Waals surface area contributed by atoms with Crippen LogP contribution in [0.5, 0.6) is 0 Å². The zero-order chi connectivity index (χ0) is 22.1. The molecule has 1 aliphatic heterocycles. The Labute approximate surface area is 201 Å². The van der Waals surface area contributed by atoms with Crippen LogP contribution >= 0.6 is 24.0 Å². The van der Waals surface area contributed by atoms with E-state index in [0.717, 1.165) is 25.8 Å². The molecule has 1 aliphatic rings. The van der Waals surface area contributed by atoms with Gasteiger partial charge in [-0.25, -0.2) is 14.2 Å². The molecule has 1 fully saturated rings. The van der Waals surface area contributed by atoms with Crippen molar-refractivity contribution in [2.45, 2.75) is 64.6 Å². The third-order valence-corrected chi connectivity index (χ3v) is 4.67. The average Bonchev–Trinajstić information content (AvgIpc) is 3.12. The highest BCUT2D eigenvalue weighted by molar-refractivity contribution is 14.0. The van der Waals surface area contributed by atoms with E-state index in [4.69, 9.17) is 4.74 Å². The van der Waals surface area contributed by atoms with Crippen LogP contribution in [0.4, 0.5) is 15.0 Å². The predicted octanol–water partition coefficient (Wildman–Crippen LogP) is 3.28. The first kappa shape index (κ1) is 27.2. The minimum absolute atomic E-state index is 0. The minimum atomic E-state index is -0.534. The standard InChI is InChI=1S/C21H35FN6O2.HI/c1-6-8-15(27-20(29)30-21(2,3)4)13-25-19(23-5)26-16-10-12-28(14-16)18-17(22)9-7-11-24-18;/h7,9,11,15-16H,6,8,10,12-14H2,1-5H3,(H,27,29)(H2,23,25,26);1H. The smallest absolute Gasteiger partial charge is 0.407 e. The molecule has 0 spiro atoms. The zero-order valence-electron chi connectivity index (χ0n) is 19.1. The summed E-state index contributed by atoms with van der Waals surface area (Å²) in [5.74, 6) is 0.723. The number of guanidine groups is 1. The fourth-order valence-electron chi connectivity index (χ4n) is 3.34. The number of nitrogens with one attached hydrogen (secondary N) is 3. The summed E-state index contributed by atoms with van der Waals surface area (Å²) in [6, 6.07) is 3.07. The number of ether oxygens (including phenoxy) is 1. The highest BCUT2D eigenvalue weighted by Crippen LogP contribution is 2.20. The molecule has 3 N–H and O–H groups in total. The monoisotopic (exact) mass is 550 g/mol. The number of amides is 1. The average molecular weight is 550 g/mol. The molecule has 0 radical (unpaired) electrons. The Balaban J connectivity index is 0.00000480. The molecule has 2 heterocycles. The molecule has 0 aliphatic carbocycles. The van der Waals surface area contributed by atoms with Crippen molar-refractivity contribution < 1.29 is 13.9 Å². The predicted molar refractivity (Wildman–Crippen MR) is 133 cm³/mol. The van der Waals surface area contributed by atoms with E-state index in [1.807, 2.05) is 25.7 Å². The number of aromatic nitrogens is 1. The number of aliphatic imine (C=N–C) groups is 1. The molecule has 10 heteroatoms. The van der Waals surface area contributed by atoms with Crippen molar-refractivity contribution in [3.63, 3.8) is 0 Å². The van der Waals surface area contributed by atoms with Crippen LogP contribution in [0.25, 0.3) is 0 Å². The number of rotatable bonds is 7. The molecule has 2 unspecified atom stereocenters. The van der Waals surface area contributed by atoms with Crippen molar-refractivity contribution in [2.24, 2.45) is 4.99 Å². The fourth-order valence-corrected chi connectivity index (χ4v) is 3.34. The van der Waals surface area contributed by atoms with E-state index in [9.17, 15) is 9.18 Å². The number of alkyl carbamates (subject to hydrolysis) is 1. The van der Waals surface area contributed by atoms with Crippen molar-refractivity contribution in [1.82, 2.24) is 20.9 Å². The van der Waals surface area contributed by atoms with Crippen LogP contribution < -0.4 is 20.9 Å². The van der Waals surface area contributed by atoms with Crippen LogP contribution in [0, 0.1) is 5.82 Å². The Morgan fingerprint density at radius 1 is 1.45 bits per heavy atom. The van der Waals surface area contributed by atoms with E-state index in [0.29, 0.717) is 24.9 Å². The van der Waals surface area contributed by atoms with Crippen LogP contribution in [0.2, 0.25) is 0 Å². The van der Waals surface area contributed by atoms with Crippen molar-refractivity contribution in [2.75, 3.05) is 31.6 Å². The van der Waals surface area contributed by atoms with Gasteiger partial charge in [-0.1, -0.05) is 13.3 Å². The van der Waals surface area contributed by atoms with Crippen LogP contribution in [0.3, 0.4) is 0 Å². The first-order chi connectivity index (χ1) is 14.2. The lowest BCUT2D eigenvalue weighted by atomic mass is 10.1. The van der Waals surface area contributed by atoms with Crippen molar-refractivity contribution >= 4 is 41.8 Å². The van der Waals surface area contributed by atoms with Gasteiger partial charge < -0.3 is 25.6 Å². The molecule has 2 rings (SSSR count). The maximum Gasteiger partial charge on any atom is 0.407 e. The van der Waals surface area contributed by atoms with Gasteiger partial charge in [0.05, 0.1) is 0 Å². The SMILES string of the molecule is CCCC(CNC(=NC)NC1CCN(c2ncccc2F)C1)NC(=O)OC(C)(C)C.I. The molecule has 31 heavy (non-hydrogen) atoms. The van der Waals surface area contributed by atoms with Crippen molar-refractivity contribution in [3.05, 3.63) is 24.1 Å². The van der Waals surface area contributed by atoms with E-state index < -0.39 is 11.7 Å². The summed E-state index contributed by atoms with van der Waals surface area (Å²) in [7, 11) is 1.70. The Hall–Kier alpha value is -1.85. The summed E-state index contributed by atoms with van der Waals surface area (Å²) in [5, 5.41) is 9.57. The largest absolute Gasteiger partial charge is 0.444 e. The molecule has 1 saturated heterocycles. The Kier molecular flexibility index (Phi) is 11.3. The summed E-state index contributed by atoms with van der Waals surface area (Å²) in [6.45, 7) is 9.48. The number of carbonyl (C=O) groups excluding carboxylic acids is 1. The van der Waals surface area contributed by atoms with Gasteiger partial charge >= 0.3 is 6.09 Å². The lowest BCUT2D eigenvalue weighted by Gasteiger charge is -2.25. The Morgan fingerprint density at radius 3 is 2.81 bits per heavy atom. The van der Waals surface area contributed by atoms with E-state index in [-0.39, 0.29) is 41.9 Å². The normalized spacial score (nSPS) is 17.5. The van der Waals surface area contributed by atoms with Crippen LogP contribution in [0.15, 0.2) is 23.3 Å². The summed E-state index contributed by atoms with van der Waals surface area (Å²) < 4.78 is 19.3. The maximum absolute atomic E-state index is 14.0. The number of carbonyl (C=O) groups is 1. The molecular weight excluding hydrogens is 514 g/mol. The van der Waals surface area contributed by atoms with E-state index in [1.165, 1.54) is 6.07 Å². The number of nitrogens with zero attached hydrogens (tertiary/aromatic N) is 3. The minimum Gasteiger partial charge on any atom is -0.444 e. The van der Waals surface area contributed by atoms with Gasteiger partial charge in [0.15, 0.2) is 17.6 Å². The lowest BCUT2D eigenvalue weighted by Crippen LogP contribution is -2.50. The molecule has 0 bridgehead atoms. The van der Waals surface area contributed by atoms with Gasteiger partial charge in [-0.3, -0.25) is 4.99 Å². The van der Waals surface area contributed by atoms with Crippen LogP contribution in [-0.2, 0) is 4.74 Å². The molecule has 0 aromatic carbocycles. The second-order valence-electron chi connectivity index (χ2n) is 8.47. The number of hydrogen-bond donors (Lipinski definition) is 3. The number of halogens is 2. The van der Waals surface area contributed by atoms with Crippen LogP contribution in [0.1, 0.15) is 47.0 Å². The van der Waals surface area contributed by atoms with Gasteiger partial charge in [-0.15, -0.1) is 24.0 Å². The number of anilines is 1. The molecular formula is C21H36FIN6O2. The maximum atomic E-state index is 14.0. The van der Waals surface area contributed by atoms with Gasteiger partial charge in [-0.2, -0.15) is 0 Å². The van der Waals surface area contributed by atoms with Crippen molar-refractivity contribution in [1.29, 1.82) is 0 Å². The van der Waals surface area contributed by atoms with E-state index in [2.05, 4.69) is 32.9 Å². The molecule has 1 aromatic heterocycles. The van der Waals surface area contributed by atoms with Gasteiger partial charge in [0, 0.05) is 45.0 Å². The second kappa shape index (κ2) is 12.9. The van der Waals surface area contributed by atoms with Crippen LogP contribution in [-0.4, -0.2) is 61.4 Å². The molecule has 1 amide bonds. The van der Waals surface area contributed by atoms with Gasteiger partial charge in [0.25, 0.3) is 0 Å². The summed E-state index contributed by atoms with van der Waals surface area (Å²) in [5.41, 5.74) is -0.534. The molecule has 176 valence electrons. The zero-order valence-corrected chi connectivity index (χ0v) is 21.4. The van der Waals surface area contributed by atoms with E-state index in [1.54, 1.807) is 19.3 Å². The third-order valence-electron chi connectivity index (χ3n) is 4.67. The topological polar surface area (TPSA) is 90.9 Å². The van der Waals surface area contributed by atoms with Gasteiger partial charge in [-0.05, 0) is 45.7 Å². The summed E-state index contributed by atoms with van der Waals surface area (Å²) >= 11 is 0. The first-order valence-corrected chi connectivity index (χ1v) is 10.5. The van der Waals surface area contributed by atoms with E-state index >= 15 is 0 Å². The number of pyridine rings is 1. The molecule has 1 aromatic rings.